The van der Waals surface area contributed by atoms with Gasteiger partial charge in [0.25, 0.3) is 0 Å². The van der Waals surface area contributed by atoms with E-state index < -0.39 is 12.8 Å². The molecule has 1 aliphatic rings. The van der Waals surface area contributed by atoms with E-state index in [-0.39, 0.29) is 17.8 Å². The fourth-order valence-corrected chi connectivity index (χ4v) is 3.64. The van der Waals surface area contributed by atoms with Gasteiger partial charge < -0.3 is 20.3 Å². The SMILES string of the molecule is CN(C)c1ccc(OCC(F)(F)F)c(CNC2CCCNC2c2ccccc2)c1. The molecular weight excluding hydrogens is 379 g/mol. The van der Waals surface area contributed by atoms with Crippen LogP contribution in [-0.4, -0.2) is 39.5 Å². The summed E-state index contributed by atoms with van der Waals surface area (Å²) in [6.45, 7) is 0.0945. The number of hydrogen-bond acceptors (Lipinski definition) is 4. The van der Waals surface area contributed by atoms with Gasteiger partial charge >= 0.3 is 6.18 Å². The molecule has 0 amide bonds. The van der Waals surface area contributed by atoms with Crippen LogP contribution in [-0.2, 0) is 6.54 Å². The summed E-state index contributed by atoms with van der Waals surface area (Å²) in [4.78, 5) is 1.92. The van der Waals surface area contributed by atoms with E-state index in [1.54, 1.807) is 12.1 Å². The third kappa shape index (κ3) is 6.11. The fourth-order valence-electron chi connectivity index (χ4n) is 3.64. The molecule has 1 fully saturated rings. The molecule has 0 aromatic heterocycles. The maximum Gasteiger partial charge on any atom is 0.422 e. The molecule has 2 N–H and O–H groups in total. The van der Waals surface area contributed by atoms with E-state index >= 15 is 0 Å². The smallest absolute Gasteiger partial charge is 0.422 e. The Bertz CT molecular complexity index is 781. The van der Waals surface area contributed by atoms with Gasteiger partial charge in [-0.3, -0.25) is 0 Å². The van der Waals surface area contributed by atoms with Gasteiger partial charge in [0.2, 0.25) is 0 Å². The number of halogens is 3. The lowest BCUT2D eigenvalue weighted by Crippen LogP contribution is -2.45. The minimum Gasteiger partial charge on any atom is -0.484 e. The maximum atomic E-state index is 12.6. The molecule has 158 valence electrons. The van der Waals surface area contributed by atoms with Gasteiger partial charge in [-0.2, -0.15) is 13.2 Å². The molecule has 2 unspecified atom stereocenters. The minimum absolute atomic E-state index is 0.168. The highest BCUT2D eigenvalue weighted by molar-refractivity contribution is 5.52. The Morgan fingerprint density at radius 3 is 2.59 bits per heavy atom. The van der Waals surface area contributed by atoms with Crippen LogP contribution >= 0.6 is 0 Å². The molecule has 0 radical (unpaired) electrons. The summed E-state index contributed by atoms with van der Waals surface area (Å²) >= 11 is 0. The van der Waals surface area contributed by atoms with Gasteiger partial charge in [-0.1, -0.05) is 30.3 Å². The monoisotopic (exact) mass is 407 g/mol. The molecular formula is C22H28F3N3O. The van der Waals surface area contributed by atoms with Crippen LogP contribution < -0.4 is 20.3 Å². The number of ether oxygens (including phenoxy) is 1. The van der Waals surface area contributed by atoms with Crippen LogP contribution in [0.2, 0.25) is 0 Å². The van der Waals surface area contributed by atoms with Crippen LogP contribution in [0.25, 0.3) is 0 Å². The first-order valence-corrected chi connectivity index (χ1v) is 9.85. The predicted octanol–water partition coefficient (Wildman–Crippen LogP) is 4.28. The molecule has 0 bridgehead atoms. The first-order valence-electron chi connectivity index (χ1n) is 9.85. The van der Waals surface area contributed by atoms with Gasteiger partial charge in [0.15, 0.2) is 6.61 Å². The number of piperidine rings is 1. The van der Waals surface area contributed by atoms with Crippen molar-refractivity contribution in [2.75, 3.05) is 32.1 Å². The summed E-state index contributed by atoms with van der Waals surface area (Å²) in [6.07, 6.45) is -2.31. The lowest BCUT2D eigenvalue weighted by atomic mass is 9.92. The number of benzene rings is 2. The van der Waals surface area contributed by atoms with Crippen LogP contribution in [0.3, 0.4) is 0 Å². The quantitative estimate of drug-likeness (QED) is 0.719. The van der Waals surface area contributed by atoms with Gasteiger partial charge in [0.1, 0.15) is 5.75 Å². The van der Waals surface area contributed by atoms with Crippen LogP contribution in [0.5, 0.6) is 5.75 Å². The lowest BCUT2D eigenvalue weighted by molar-refractivity contribution is -0.153. The standard InChI is InChI=1S/C22H28F3N3O/c1-28(2)18-10-11-20(29-15-22(23,24)25)17(13-18)14-27-19-9-6-12-26-21(19)16-7-4-3-5-8-16/h3-5,7-8,10-11,13,19,21,26-27H,6,9,12,14-15H2,1-2H3. The van der Waals surface area contributed by atoms with Gasteiger partial charge in [-0.25, -0.2) is 0 Å². The minimum atomic E-state index is -4.36. The van der Waals surface area contributed by atoms with Crippen molar-refractivity contribution in [2.24, 2.45) is 0 Å². The molecule has 29 heavy (non-hydrogen) atoms. The number of alkyl halides is 3. The third-order valence-corrected chi connectivity index (χ3v) is 5.12. The molecule has 2 aromatic rings. The Morgan fingerprint density at radius 1 is 1.14 bits per heavy atom. The number of hydrogen-bond donors (Lipinski definition) is 2. The van der Waals surface area contributed by atoms with Crippen LogP contribution in [0.1, 0.15) is 30.0 Å². The molecule has 1 saturated heterocycles. The zero-order valence-electron chi connectivity index (χ0n) is 16.8. The summed E-state index contributed by atoms with van der Waals surface area (Å²) in [7, 11) is 3.80. The zero-order chi connectivity index (χ0) is 20.9. The highest BCUT2D eigenvalue weighted by atomic mass is 19.4. The Kier molecular flexibility index (Phi) is 7.03. The highest BCUT2D eigenvalue weighted by Gasteiger charge is 2.29. The summed E-state index contributed by atoms with van der Waals surface area (Å²) < 4.78 is 43.0. The van der Waals surface area contributed by atoms with Crippen LogP contribution in [0, 0.1) is 0 Å². The van der Waals surface area contributed by atoms with Crippen molar-refractivity contribution in [2.45, 2.75) is 37.6 Å². The van der Waals surface area contributed by atoms with E-state index in [2.05, 4.69) is 22.8 Å². The Morgan fingerprint density at radius 2 is 1.90 bits per heavy atom. The maximum absolute atomic E-state index is 12.6. The van der Waals surface area contributed by atoms with Crippen molar-refractivity contribution < 1.29 is 17.9 Å². The van der Waals surface area contributed by atoms with Crippen LogP contribution in [0.4, 0.5) is 18.9 Å². The number of rotatable bonds is 7. The van der Waals surface area contributed by atoms with Crippen molar-refractivity contribution in [3.05, 3.63) is 59.7 Å². The zero-order valence-corrected chi connectivity index (χ0v) is 16.8. The molecule has 0 aliphatic carbocycles. The topological polar surface area (TPSA) is 36.5 Å². The summed E-state index contributed by atoms with van der Waals surface area (Å²) in [5.74, 6) is 0.264. The third-order valence-electron chi connectivity index (χ3n) is 5.12. The predicted molar refractivity (Wildman–Crippen MR) is 109 cm³/mol. The molecule has 1 aliphatic heterocycles. The largest absolute Gasteiger partial charge is 0.484 e. The molecule has 1 heterocycles. The van der Waals surface area contributed by atoms with Crippen LogP contribution in [0.15, 0.2) is 48.5 Å². The van der Waals surface area contributed by atoms with Gasteiger partial charge in [-0.05, 0) is 43.1 Å². The fraction of sp³-hybridized carbons (Fsp3) is 0.455. The molecule has 2 atom stereocenters. The first kappa shape index (κ1) is 21.5. The van der Waals surface area contributed by atoms with E-state index in [9.17, 15) is 13.2 Å². The molecule has 0 spiro atoms. The van der Waals surface area contributed by atoms with Gasteiger partial charge in [-0.15, -0.1) is 0 Å². The van der Waals surface area contributed by atoms with Crippen molar-refractivity contribution in [3.63, 3.8) is 0 Å². The molecule has 3 rings (SSSR count). The first-order chi connectivity index (χ1) is 13.8. The second-order valence-corrected chi connectivity index (χ2v) is 7.56. The molecule has 4 nitrogen and oxygen atoms in total. The van der Waals surface area contributed by atoms with E-state index in [4.69, 9.17) is 4.74 Å². The van der Waals surface area contributed by atoms with E-state index in [0.717, 1.165) is 30.6 Å². The number of nitrogens with zero attached hydrogens (tertiary/aromatic N) is 1. The summed E-state index contributed by atoms with van der Waals surface area (Å²) in [5.41, 5.74) is 2.85. The Hall–Kier alpha value is -2.25. The Labute approximate surface area is 170 Å². The molecule has 7 heteroatoms. The van der Waals surface area contributed by atoms with Crippen molar-refractivity contribution in [3.8, 4) is 5.75 Å². The second kappa shape index (κ2) is 9.50. The van der Waals surface area contributed by atoms with E-state index in [1.165, 1.54) is 5.56 Å². The van der Waals surface area contributed by atoms with Crippen molar-refractivity contribution in [1.29, 1.82) is 0 Å². The molecule has 2 aromatic carbocycles. The van der Waals surface area contributed by atoms with Gasteiger partial charge in [0, 0.05) is 44.0 Å². The normalized spacial score (nSPS) is 19.8. The highest BCUT2D eigenvalue weighted by Crippen LogP contribution is 2.28. The number of nitrogens with one attached hydrogen (secondary N) is 2. The number of anilines is 1. The second-order valence-electron chi connectivity index (χ2n) is 7.56. The van der Waals surface area contributed by atoms with Crippen molar-refractivity contribution >= 4 is 5.69 Å². The average molecular weight is 407 g/mol. The summed E-state index contributed by atoms with van der Waals surface area (Å²) in [6, 6.07) is 15.9. The van der Waals surface area contributed by atoms with Crippen molar-refractivity contribution in [1.82, 2.24) is 10.6 Å². The molecule has 0 saturated carbocycles. The van der Waals surface area contributed by atoms with Gasteiger partial charge in [0.05, 0.1) is 0 Å². The average Bonchev–Trinajstić information content (AvgIpc) is 2.71. The lowest BCUT2D eigenvalue weighted by Gasteiger charge is -2.34. The Balaban J connectivity index is 1.75. The summed E-state index contributed by atoms with van der Waals surface area (Å²) in [5, 5.41) is 7.11. The van der Waals surface area contributed by atoms with E-state index in [0.29, 0.717) is 6.54 Å². The van der Waals surface area contributed by atoms with E-state index in [1.807, 2.05) is 43.3 Å².